The molecule has 0 fully saturated rings. The van der Waals surface area contributed by atoms with Crippen LogP contribution >= 0.6 is 0 Å². The van der Waals surface area contributed by atoms with Crippen LogP contribution in [0.3, 0.4) is 0 Å². The van der Waals surface area contributed by atoms with Crippen LogP contribution in [0, 0.1) is 6.92 Å². The standard InChI is InChI=1S/C17H16N2O2/c1-11-6-7-16(14(18)10-11)21-17-13-4-3-5-15(20-2)12(13)8-9-19-17/h3-10H,18H2,1-2H3. The second kappa shape index (κ2) is 5.32. The number of aryl methyl sites for hydroxylation is 1. The molecule has 0 unspecified atom stereocenters. The lowest BCUT2D eigenvalue weighted by molar-refractivity contribution is 0.419. The van der Waals surface area contributed by atoms with Gasteiger partial charge in [-0.1, -0.05) is 12.1 Å². The zero-order chi connectivity index (χ0) is 14.8. The number of nitrogens with zero attached hydrogens (tertiary/aromatic N) is 1. The minimum atomic E-state index is 0.516. The largest absolute Gasteiger partial charge is 0.496 e. The Kier molecular flexibility index (Phi) is 3.36. The summed E-state index contributed by atoms with van der Waals surface area (Å²) in [5, 5.41) is 1.84. The lowest BCUT2D eigenvalue weighted by Gasteiger charge is -2.11. The Morgan fingerprint density at radius 1 is 1.00 bits per heavy atom. The van der Waals surface area contributed by atoms with Gasteiger partial charge < -0.3 is 15.2 Å². The summed E-state index contributed by atoms with van der Waals surface area (Å²) >= 11 is 0. The molecule has 1 heterocycles. The van der Waals surface area contributed by atoms with Crippen LogP contribution in [0.25, 0.3) is 10.8 Å². The van der Waals surface area contributed by atoms with E-state index in [1.54, 1.807) is 13.3 Å². The van der Waals surface area contributed by atoms with Gasteiger partial charge in [0.2, 0.25) is 5.88 Å². The molecule has 106 valence electrons. The van der Waals surface area contributed by atoms with E-state index in [1.807, 2.05) is 49.4 Å². The second-order valence-corrected chi connectivity index (χ2v) is 4.81. The van der Waals surface area contributed by atoms with E-state index < -0.39 is 0 Å². The Hall–Kier alpha value is -2.75. The minimum Gasteiger partial charge on any atom is -0.496 e. The molecular weight excluding hydrogens is 264 g/mol. The van der Waals surface area contributed by atoms with Gasteiger partial charge in [-0.3, -0.25) is 0 Å². The third kappa shape index (κ3) is 2.48. The molecule has 4 heteroatoms. The van der Waals surface area contributed by atoms with E-state index in [1.165, 1.54) is 0 Å². The predicted molar refractivity (Wildman–Crippen MR) is 84.0 cm³/mol. The molecule has 0 saturated carbocycles. The van der Waals surface area contributed by atoms with Crippen LogP contribution in [-0.4, -0.2) is 12.1 Å². The third-order valence-electron chi connectivity index (χ3n) is 3.32. The number of rotatable bonds is 3. The van der Waals surface area contributed by atoms with Crippen LogP contribution in [0.2, 0.25) is 0 Å². The Bertz CT molecular complexity index is 800. The number of benzene rings is 2. The van der Waals surface area contributed by atoms with Gasteiger partial charge in [-0.25, -0.2) is 4.98 Å². The van der Waals surface area contributed by atoms with E-state index in [0.717, 1.165) is 22.1 Å². The highest BCUT2D eigenvalue weighted by Crippen LogP contribution is 2.34. The summed E-state index contributed by atoms with van der Waals surface area (Å²) in [7, 11) is 1.65. The van der Waals surface area contributed by atoms with E-state index in [2.05, 4.69) is 4.98 Å². The summed E-state index contributed by atoms with van der Waals surface area (Å²) in [4.78, 5) is 4.31. The average Bonchev–Trinajstić information content (AvgIpc) is 2.49. The minimum absolute atomic E-state index is 0.516. The van der Waals surface area contributed by atoms with Crippen molar-refractivity contribution in [1.82, 2.24) is 4.98 Å². The Labute approximate surface area is 123 Å². The fraction of sp³-hybridized carbons (Fsp3) is 0.118. The molecule has 0 aliphatic heterocycles. The molecule has 0 aliphatic carbocycles. The highest BCUT2D eigenvalue weighted by atomic mass is 16.5. The first-order valence-corrected chi connectivity index (χ1v) is 6.65. The summed E-state index contributed by atoms with van der Waals surface area (Å²) < 4.78 is 11.2. The maximum absolute atomic E-state index is 5.99. The van der Waals surface area contributed by atoms with Gasteiger partial charge in [0.25, 0.3) is 0 Å². The molecule has 2 N–H and O–H groups in total. The number of methoxy groups -OCH3 is 1. The monoisotopic (exact) mass is 280 g/mol. The third-order valence-corrected chi connectivity index (χ3v) is 3.32. The molecule has 0 amide bonds. The Morgan fingerprint density at radius 2 is 1.86 bits per heavy atom. The van der Waals surface area contributed by atoms with E-state index in [4.69, 9.17) is 15.2 Å². The summed E-state index contributed by atoms with van der Waals surface area (Å²) in [6.07, 6.45) is 1.70. The number of hydrogen-bond donors (Lipinski definition) is 1. The topological polar surface area (TPSA) is 57.4 Å². The number of anilines is 1. The van der Waals surface area contributed by atoms with Crippen molar-refractivity contribution in [3.05, 3.63) is 54.2 Å². The maximum atomic E-state index is 5.99. The molecule has 3 rings (SSSR count). The average molecular weight is 280 g/mol. The molecule has 0 spiro atoms. The van der Waals surface area contributed by atoms with Crippen molar-refractivity contribution in [3.8, 4) is 17.4 Å². The molecule has 2 aromatic carbocycles. The van der Waals surface area contributed by atoms with Crippen molar-refractivity contribution < 1.29 is 9.47 Å². The van der Waals surface area contributed by atoms with Crippen LogP contribution in [-0.2, 0) is 0 Å². The fourth-order valence-electron chi connectivity index (χ4n) is 2.28. The highest BCUT2D eigenvalue weighted by Gasteiger charge is 2.10. The van der Waals surface area contributed by atoms with E-state index >= 15 is 0 Å². The molecule has 4 nitrogen and oxygen atoms in total. The highest BCUT2D eigenvalue weighted by molar-refractivity contribution is 5.92. The lowest BCUT2D eigenvalue weighted by atomic mass is 10.1. The van der Waals surface area contributed by atoms with Crippen molar-refractivity contribution in [3.63, 3.8) is 0 Å². The first kappa shape index (κ1) is 13.2. The fourth-order valence-corrected chi connectivity index (χ4v) is 2.28. The van der Waals surface area contributed by atoms with Crippen molar-refractivity contribution in [1.29, 1.82) is 0 Å². The number of fused-ring (bicyclic) bond motifs is 1. The number of ether oxygens (including phenoxy) is 2. The van der Waals surface area contributed by atoms with Crippen molar-refractivity contribution >= 4 is 16.5 Å². The van der Waals surface area contributed by atoms with Gasteiger partial charge in [0, 0.05) is 17.0 Å². The van der Waals surface area contributed by atoms with Crippen LogP contribution < -0.4 is 15.2 Å². The van der Waals surface area contributed by atoms with Gasteiger partial charge in [-0.2, -0.15) is 0 Å². The van der Waals surface area contributed by atoms with Crippen molar-refractivity contribution in [2.75, 3.05) is 12.8 Å². The molecule has 1 aromatic heterocycles. The second-order valence-electron chi connectivity index (χ2n) is 4.81. The molecular formula is C17H16N2O2. The number of hydrogen-bond acceptors (Lipinski definition) is 4. The maximum Gasteiger partial charge on any atom is 0.227 e. The summed E-state index contributed by atoms with van der Waals surface area (Å²) in [6, 6.07) is 13.4. The zero-order valence-electron chi connectivity index (χ0n) is 12.0. The summed E-state index contributed by atoms with van der Waals surface area (Å²) in [6.45, 7) is 1.99. The van der Waals surface area contributed by atoms with Crippen molar-refractivity contribution in [2.45, 2.75) is 6.92 Å². The summed E-state index contributed by atoms with van der Waals surface area (Å²) in [5.74, 6) is 1.90. The first-order valence-electron chi connectivity index (χ1n) is 6.65. The van der Waals surface area contributed by atoms with Gasteiger partial charge in [0.1, 0.15) is 5.75 Å². The Balaban J connectivity index is 2.08. The van der Waals surface area contributed by atoms with Gasteiger partial charge in [-0.15, -0.1) is 0 Å². The van der Waals surface area contributed by atoms with E-state index in [9.17, 15) is 0 Å². The van der Waals surface area contributed by atoms with Crippen LogP contribution in [0.15, 0.2) is 48.7 Å². The number of nitrogens with two attached hydrogens (primary N) is 1. The molecule has 0 bridgehead atoms. The Morgan fingerprint density at radius 3 is 2.62 bits per heavy atom. The molecule has 21 heavy (non-hydrogen) atoms. The smallest absolute Gasteiger partial charge is 0.227 e. The summed E-state index contributed by atoms with van der Waals surface area (Å²) in [5.41, 5.74) is 7.68. The van der Waals surface area contributed by atoms with Crippen LogP contribution in [0.5, 0.6) is 17.4 Å². The van der Waals surface area contributed by atoms with Crippen LogP contribution in [0.4, 0.5) is 5.69 Å². The lowest BCUT2D eigenvalue weighted by Crippen LogP contribution is -1.95. The SMILES string of the molecule is COc1cccc2c(Oc3ccc(C)cc3N)nccc12. The van der Waals surface area contributed by atoms with Gasteiger partial charge in [0.05, 0.1) is 12.8 Å². The molecule has 3 aromatic rings. The quantitative estimate of drug-likeness (QED) is 0.739. The van der Waals surface area contributed by atoms with E-state index in [-0.39, 0.29) is 0 Å². The first-order chi connectivity index (χ1) is 10.2. The van der Waals surface area contributed by atoms with Crippen LogP contribution in [0.1, 0.15) is 5.56 Å². The zero-order valence-corrected chi connectivity index (χ0v) is 12.0. The molecule has 0 atom stereocenters. The number of aromatic nitrogens is 1. The normalized spacial score (nSPS) is 10.6. The molecule has 0 radical (unpaired) electrons. The van der Waals surface area contributed by atoms with Gasteiger partial charge >= 0.3 is 0 Å². The number of nitrogen functional groups attached to an aromatic ring is 1. The van der Waals surface area contributed by atoms with Gasteiger partial charge in [0.15, 0.2) is 5.75 Å². The number of pyridine rings is 1. The van der Waals surface area contributed by atoms with Gasteiger partial charge in [-0.05, 0) is 42.8 Å². The molecule has 0 saturated heterocycles. The molecule has 0 aliphatic rings. The predicted octanol–water partition coefficient (Wildman–Crippen LogP) is 3.93. The van der Waals surface area contributed by atoms with Crippen molar-refractivity contribution in [2.24, 2.45) is 0 Å². The van der Waals surface area contributed by atoms with E-state index in [0.29, 0.717) is 17.3 Å².